The lowest BCUT2D eigenvalue weighted by atomic mass is 9.87. The van der Waals surface area contributed by atoms with Gasteiger partial charge in [0.2, 0.25) is 0 Å². The minimum absolute atomic E-state index is 0.314. The maximum absolute atomic E-state index is 12.5. The number of carbonyl (C=O) groups is 2. The molecule has 0 saturated heterocycles. The van der Waals surface area contributed by atoms with E-state index in [9.17, 15) is 9.59 Å². The second-order valence-corrected chi connectivity index (χ2v) is 8.56. The summed E-state index contributed by atoms with van der Waals surface area (Å²) in [6.07, 6.45) is 3.84. The van der Waals surface area contributed by atoms with Gasteiger partial charge in [-0.2, -0.15) is 0 Å². The van der Waals surface area contributed by atoms with E-state index < -0.39 is 5.97 Å². The van der Waals surface area contributed by atoms with E-state index in [-0.39, 0.29) is 12.5 Å². The quantitative estimate of drug-likeness (QED) is 0.509. The molecular weight excluding hydrogens is 420 g/mol. The van der Waals surface area contributed by atoms with Gasteiger partial charge in [-0.1, -0.05) is 13.0 Å². The summed E-state index contributed by atoms with van der Waals surface area (Å²) < 4.78 is 15.8. The Morgan fingerprint density at radius 3 is 2.70 bits per heavy atom. The number of rotatable bonds is 8. The summed E-state index contributed by atoms with van der Waals surface area (Å²) >= 11 is 0. The fourth-order valence-electron chi connectivity index (χ4n) is 4.37. The molecule has 2 N–H and O–H groups in total. The van der Waals surface area contributed by atoms with Gasteiger partial charge in [0, 0.05) is 23.1 Å². The van der Waals surface area contributed by atoms with Crippen LogP contribution in [-0.4, -0.2) is 44.2 Å². The standard InChI is InChI=1S/C26H30N2O5/c1-16-4-7-21-19(12-16)20-14-18(6-8-22(20)28-21)26(30)33-15-25(29)27-11-10-17-5-9-23(31-2)24(13-17)32-3/h5-6,8-9,13-14,16,28H,4,7,10-12,15H2,1-3H3,(H,27,29). The maximum Gasteiger partial charge on any atom is 0.338 e. The summed E-state index contributed by atoms with van der Waals surface area (Å²) in [4.78, 5) is 28.2. The number of nitrogens with one attached hydrogen (secondary N) is 2. The van der Waals surface area contributed by atoms with Gasteiger partial charge in [-0.05, 0) is 73.1 Å². The largest absolute Gasteiger partial charge is 0.493 e. The van der Waals surface area contributed by atoms with Crippen LogP contribution in [-0.2, 0) is 28.8 Å². The monoisotopic (exact) mass is 450 g/mol. The van der Waals surface area contributed by atoms with Crippen molar-refractivity contribution in [1.29, 1.82) is 0 Å². The van der Waals surface area contributed by atoms with Crippen molar-refractivity contribution in [3.8, 4) is 11.5 Å². The Bertz CT molecular complexity index is 1170. The molecule has 0 spiro atoms. The SMILES string of the molecule is COc1ccc(CCNC(=O)COC(=O)c2ccc3[nH]c4c(c3c2)CC(C)CC4)cc1OC. The second kappa shape index (κ2) is 9.98. The van der Waals surface area contributed by atoms with Crippen molar-refractivity contribution in [2.45, 2.75) is 32.6 Å². The van der Waals surface area contributed by atoms with Gasteiger partial charge in [0.15, 0.2) is 18.1 Å². The average molecular weight is 451 g/mol. The van der Waals surface area contributed by atoms with Crippen molar-refractivity contribution < 1.29 is 23.8 Å². The number of fused-ring (bicyclic) bond motifs is 3. The second-order valence-electron chi connectivity index (χ2n) is 8.56. The number of carbonyl (C=O) groups excluding carboxylic acids is 2. The molecule has 2 aromatic carbocycles. The molecule has 33 heavy (non-hydrogen) atoms. The molecule has 1 atom stereocenters. The molecule has 1 aliphatic rings. The highest BCUT2D eigenvalue weighted by Crippen LogP contribution is 2.32. The Kier molecular flexibility index (Phi) is 6.87. The summed E-state index contributed by atoms with van der Waals surface area (Å²) in [6.45, 7) is 2.36. The van der Waals surface area contributed by atoms with E-state index in [0.717, 1.165) is 29.3 Å². The van der Waals surface area contributed by atoms with E-state index in [1.54, 1.807) is 20.3 Å². The number of aryl methyl sites for hydroxylation is 1. The van der Waals surface area contributed by atoms with Gasteiger partial charge < -0.3 is 24.5 Å². The summed E-state index contributed by atoms with van der Waals surface area (Å²) in [5.41, 5.74) is 5.07. The molecule has 1 unspecified atom stereocenters. The van der Waals surface area contributed by atoms with Crippen molar-refractivity contribution in [2.75, 3.05) is 27.4 Å². The third-order valence-electron chi connectivity index (χ3n) is 6.19. The van der Waals surface area contributed by atoms with E-state index in [1.807, 2.05) is 30.3 Å². The van der Waals surface area contributed by atoms with E-state index in [2.05, 4.69) is 17.2 Å². The third-order valence-corrected chi connectivity index (χ3v) is 6.19. The zero-order valence-electron chi connectivity index (χ0n) is 19.3. The van der Waals surface area contributed by atoms with E-state index in [0.29, 0.717) is 35.9 Å². The highest BCUT2D eigenvalue weighted by molar-refractivity contribution is 5.97. The van der Waals surface area contributed by atoms with Crippen LogP contribution >= 0.6 is 0 Å². The lowest BCUT2D eigenvalue weighted by molar-refractivity contribution is -0.124. The Balaban J connectivity index is 1.29. The van der Waals surface area contributed by atoms with E-state index in [1.165, 1.54) is 17.7 Å². The van der Waals surface area contributed by atoms with E-state index in [4.69, 9.17) is 14.2 Å². The zero-order valence-corrected chi connectivity index (χ0v) is 19.3. The molecule has 7 heteroatoms. The van der Waals surface area contributed by atoms with Crippen LogP contribution in [0.1, 0.15) is 40.5 Å². The Morgan fingerprint density at radius 2 is 1.91 bits per heavy atom. The van der Waals surface area contributed by atoms with Gasteiger partial charge in [0.1, 0.15) is 0 Å². The molecule has 7 nitrogen and oxygen atoms in total. The molecule has 1 aromatic heterocycles. The first kappa shape index (κ1) is 22.7. The van der Waals surface area contributed by atoms with Crippen LogP contribution in [0.5, 0.6) is 11.5 Å². The summed E-state index contributed by atoms with van der Waals surface area (Å²) in [5.74, 6) is 1.11. The van der Waals surface area contributed by atoms with E-state index >= 15 is 0 Å². The molecule has 0 radical (unpaired) electrons. The van der Waals surface area contributed by atoms with Crippen LogP contribution in [0.2, 0.25) is 0 Å². The molecule has 4 rings (SSSR count). The topological polar surface area (TPSA) is 89.6 Å². The van der Waals surface area contributed by atoms with Crippen LogP contribution in [0.4, 0.5) is 0 Å². The third kappa shape index (κ3) is 5.13. The number of H-pyrrole nitrogens is 1. The normalized spacial score (nSPS) is 15.1. The average Bonchev–Trinajstić information content (AvgIpc) is 3.19. The van der Waals surface area contributed by atoms with Crippen molar-refractivity contribution in [3.05, 3.63) is 58.8 Å². The number of ether oxygens (including phenoxy) is 3. The van der Waals surface area contributed by atoms with Crippen LogP contribution < -0.4 is 14.8 Å². The molecule has 0 aliphatic heterocycles. The molecule has 3 aromatic rings. The Hall–Kier alpha value is -3.48. The first-order valence-electron chi connectivity index (χ1n) is 11.3. The Labute approximate surface area is 193 Å². The molecular formula is C26H30N2O5. The molecule has 1 amide bonds. The summed E-state index contributed by atoms with van der Waals surface area (Å²) in [5, 5.41) is 3.86. The van der Waals surface area contributed by atoms with Gasteiger partial charge in [-0.25, -0.2) is 4.79 Å². The van der Waals surface area contributed by atoms with Gasteiger partial charge in [0.25, 0.3) is 5.91 Å². The predicted molar refractivity (Wildman–Crippen MR) is 126 cm³/mol. The smallest absolute Gasteiger partial charge is 0.338 e. The highest BCUT2D eigenvalue weighted by atomic mass is 16.5. The number of aromatic amines is 1. The number of benzene rings is 2. The summed E-state index contributed by atoms with van der Waals surface area (Å²) in [7, 11) is 3.17. The predicted octanol–water partition coefficient (Wildman–Crippen LogP) is 3.83. The van der Waals surface area contributed by atoms with Gasteiger partial charge in [-0.15, -0.1) is 0 Å². The molecule has 0 bridgehead atoms. The van der Waals surface area contributed by atoms with Gasteiger partial charge >= 0.3 is 5.97 Å². The minimum atomic E-state index is -0.495. The van der Waals surface area contributed by atoms with Crippen LogP contribution in [0.3, 0.4) is 0 Å². The highest BCUT2D eigenvalue weighted by Gasteiger charge is 2.21. The molecule has 0 fully saturated rings. The van der Waals surface area contributed by atoms with Gasteiger partial charge in [-0.3, -0.25) is 4.79 Å². The van der Waals surface area contributed by atoms with Crippen molar-refractivity contribution in [3.63, 3.8) is 0 Å². The lowest BCUT2D eigenvalue weighted by Crippen LogP contribution is -2.30. The number of hydrogen-bond acceptors (Lipinski definition) is 5. The number of amides is 1. The fourth-order valence-corrected chi connectivity index (χ4v) is 4.37. The van der Waals surface area contributed by atoms with Crippen LogP contribution in [0, 0.1) is 5.92 Å². The first-order valence-corrected chi connectivity index (χ1v) is 11.3. The number of aromatic nitrogens is 1. The Morgan fingerprint density at radius 1 is 1.09 bits per heavy atom. The van der Waals surface area contributed by atoms with Crippen LogP contribution in [0.15, 0.2) is 36.4 Å². The first-order chi connectivity index (χ1) is 16.0. The lowest BCUT2D eigenvalue weighted by Gasteiger charge is -2.18. The van der Waals surface area contributed by atoms with Crippen LogP contribution in [0.25, 0.3) is 10.9 Å². The minimum Gasteiger partial charge on any atom is -0.493 e. The van der Waals surface area contributed by atoms with Gasteiger partial charge in [0.05, 0.1) is 19.8 Å². The maximum atomic E-state index is 12.5. The van der Waals surface area contributed by atoms with Crippen molar-refractivity contribution in [2.24, 2.45) is 5.92 Å². The number of methoxy groups -OCH3 is 2. The van der Waals surface area contributed by atoms with Crippen molar-refractivity contribution in [1.82, 2.24) is 10.3 Å². The summed E-state index contributed by atoms with van der Waals surface area (Å²) in [6, 6.07) is 11.2. The molecule has 1 heterocycles. The molecule has 174 valence electrons. The molecule has 0 saturated carbocycles. The number of esters is 1. The van der Waals surface area contributed by atoms with Crippen molar-refractivity contribution >= 4 is 22.8 Å². The number of hydrogen-bond donors (Lipinski definition) is 2. The molecule has 1 aliphatic carbocycles. The zero-order chi connectivity index (χ0) is 23.4. The fraction of sp³-hybridized carbons (Fsp3) is 0.385.